The van der Waals surface area contributed by atoms with E-state index in [1.165, 1.54) is 19.3 Å². The maximum Gasteiger partial charge on any atom is 0.317 e. The van der Waals surface area contributed by atoms with Gasteiger partial charge in [-0.1, -0.05) is 19.3 Å². The summed E-state index contributed by atoms with van der Waals surface area (Å²) in [6.45, 7) is 1.60. The predicted molar refractivity (Wildman–Crippen MR) is 77.9 cm³/mol. The number of ether oxygens (including phenoxy) is 1. The maximum atomic E-state index is 12.1. The largest absolute Gasteiger partial charge is 0.376 e. The van der Waals surface area contributed by atoms with Crippen LogP contribution in [0.5, 0.6) is 0 Å². The van der Waals surface area contributed by atoms with Gasteiger partial charge in [0.2, 0.25) is 11.8 Å². The average molecular weight is 309 g/mol. The molecule has 4 amide bonds. The zero-order chi connectivity index (χ0) is 15.5. The van der Waals surface area contributed by atoms with E-state index in [2.05, 4.69) is 10.6 Å². The summed E-state index contributed by atoms with van der Waals surface area (Å²) in [7, 11) is 0. The molecular weight excluding hydrogens is 286 g/mol. The van der Waals surface area contributed by atoms with Crippen molar-refractivity contribution in [2.45, 2.75) is 38.2 Å². The Kier molecular flexibility index (Phi) is 4.61. The van der Waals surface area contributed by atoms with Gasteiger partial charge in [0.25, 0.3) is 0 Å². The van der Waals surface area contributed by atoms with Crippen LogP contribution in [0.15, 0.2) is 0 Å². The summed E-state index contributed by atoms with van der Waals surface area (Å²) >= 11 is 0. The predicted octanol–water partition coefficient (Wildman–Crippen LogP) is 0.250. The van der Waals surface area contributed by atoms with Gasteiger partial charge in [-0.15, -0.1) is 0 Å². The lowest BCUT2D eigenvalue weighted by atomic mass is 9.98. The molecule has 22 heavy (non-hydrogen) atoms. The molecule has 2 atom stereocenters. The lowest BCUT2D eigenvalue weighted by Gasteiger charge is -2.22. The number of urea groups is 1. The summed E-state index contributed by atoms with van der Waals surface area (Å²) in [5, 5.41) is 5.11. The van der Waals surface area contributed by atoms with E-state index in [1.54, 1.807) is 4.90 Å². The van der Waals surface area contributed by atoms with Gasteiger partial charge in [-0.05, 0) is 12.8 Å². The molecule has 0 radical (unpaired) electrons. The summed E-state index contributed by atoms with van der Waals surface area (Å²) in [5.41, 5.74) is 0. The molecule has 3 fully saturated rings. The highest BCUT2D eigenvalue weighted by Gasteiger charge is 2.48. The molecule has 3 rings (SSSR count). The molecule has 7 heteroatoms. The van der Waals surface area contributed by atoms with E-state index in [9.17, 15) is 14.4 Å². The number of hydrogen-bond donors (Lipinski definition) is 2. The summed E-state index contributed by atoms with van der Waals surface area (Å²) in [4.78, 5) is 36.7. The van der Waals surface area contributed by atoms with Gasteiger partial charge < -0.3 is 15.0 Å². The second kappa shape index (κ2) is 6.64. The molecule has 0 unspecified atom stereocenters. The van der Waals surface area contributed by atoms with Crippen molar-refractivity contribution in [2.24, 2.45) is 11.8 Å². The first-order chi connectivity index (χ1) is 10.6. The third-order valence-corrected chi connectivity index (χ3v) is 4.81. The average Bonchev–Trinajstić information content (AvgIpc) is 3.07. The number of rotatable bonds is 4. The highest BCUT2D eigenvalue weighted by atomic mass is 16.5. The number of fused-ring (bicyclic) bond motifs is 1. The Morgan fingerprint density at radius 1 is 1.14 bits per heavy atom. The number of nitrogens with one attached hydrogen (secondary N) is 2. The standard InChI is InChI=1S/C15H23N3O4/c19-13-11-8-18(9-12(11)14(20)17-13)15(21)16-6-7-22-10-4-2-1-3-5-10/h10-12H,1-9H2,(H,16,21)(H,17,19,20)/t11-,12+. The van der Waals surface area contributed by atoms with Crippen LogP contribution in [-0.4, -0.2) is 55.1 Å². The van der Waals surface area contributed by atoms with Crippen molar-refractivity contribution in [3.05, 3.63) is 0 Å². The van der Waals surface area contributed by atoms with Crippen LogP contribution in [0.1, 0.15) is 32.1 Å². The van der Waals surface area contributed by atoms with Gasteiger partial charge >= 0.3 is 6.03 Å². The quantitative estimate of drug-likeness (QED) is 0.575. The van der Waals surface area contributed by atoms with Crippen LogP contribution in [0.4, 0.5) is 4.79 Å². The second-order valence-electron chi connectivity index (χ2n) is 6.33. The number of likely N-dealkylation sites (tertiary alicyclic amines) is 1. The molecule has 3 aliphatic rings. The molecule has 1 saturated carbocycles. The first-order valence-corrected chi connectivity index (χ1v) is 8.14. The molecule has 2 aliphatic heterocycles. The highest BCUT2D eigenvalue weighted by molar-refractivity contribution is 6.06. The first-order valence-electron chi connectivity index (χ1n) is 8.14. The summed E-state index contributed by atoms with van der Waals surface area (Å²) in [6, 6.07) is -0.220. The normalized spacial score (nSPS) is 28.6. The van der Waals surface area contributed by atoms with Gasteiger partial charge in [0.15, 0.2) is 0 Å². The van der Waals surface area contributed by atoms with Gasteiger partial charge in [0.1, 0.15) is 0 Å². The van der Waals surface area contributed by atoms with Crippen LogP contribution < -0.4 is 10.6 Å². The zero-order valence-electron chi connectivity index (χ0n) is 12.7. The Morgan fingerprint density at radius 3 is 2.41 bits per heavy atom. The van der Waals surface area contributed by atoms with E-state index in [4.69, 9.17) is 4.74 Å². The minimum absolute atomic E-state index is 0.220. The topological polar surface area (TPSA) is 87.7 Å². The van der Waals surface area contributed by atoms with Crippen molar-refractivity contribution in [3.8, 4) is 0 Å². The first kappa shape index (κ1) is 15.3. The van der Waals surface area contributed by atoms with Gasteiger partial charge in [-0.25, -0.2) is 4.79 Å². The minimum atomic E-state index is -0.378. The third kappa shape index (κ3) is 3.24. The molecule has 2 N–H and O–H groups in total. The number of imide groups is 1. The number of nitrogens with zero attached hydrogens (tertiary/aromatic N) is 1. The van der Waals surface area contributed by atoms with Crippen LogP contribution in [0.25, 0.3) is 0 Å². The van der Waals surface area contributed by atoms with Gasteiger partial charge in [0, 0.05) is 19.6 Å². The molecule has 122 valence electrons. The van der Waals surface area contributed by atoms with Crippen molar-refractivity contribution >= 4 is 17.8 Å². The molecule has 0 aromatic rings. The SMILES string of the molecule is O=C1NC(=O)[C@@H]2CN(C(=O)NCCOC3CCCCC3)C[C@H]12. The van der Waals surface area contributed by atoms with Crippen molar-refractivity contribution < 1.29 is 19.1 Å². The molecule has 0 aromatic heterocycles. The molecule has 0 spiro atoms. The maximum absolute atomic E-state index is 12.1. The zero-order valence-corrected chi connectivity index (χ0v) is 12.7. The van der Waals surface area contributed by atoms with Crippen LogP contribution in [-0.2, 0) is 14.3 Å². The van der Waals surface area contributed by atoms with Crippen molar-refractivity contribution in [1.29, 1.82) is 0 Å². The van der Waals surface area contributed by atoms with Crippen LogP contribution >= 0.6 is 0 Å². The fourth-order valence-corrected chi connectivity index (χ4v) is 3.53. The molecule has 7 nitrogen and oxygen atoms in total. The summed E-state index contributed by atoms with van der Waals surface area (Å²) < 4.78 is 5.75. The number of hydrogen-bond acceptors (Lipinski definition) is 4. The van der Waals surface area contributed by atoms with E-state index < -0.39 is 0 Å². The Labute approximate surface area is 129 Å². The number of amides is 4. The van der Waals surface area contributed by atoms with E-state index in [-0.39, 0.29) is 29.7 Å². The molecule has 0 bridgehead atoms. The molecule has 0 aromatic carbocycles. The van der Waals surface area contributed by atoms with Crippen molar-refractivity contribution in [3.63, 3.8) is 0 Å². The van der Waals surface area contributed by atoms with Crippen LogP contribution in [0.3, 0.4) is 0 Å². The Hall–Kier alpha value is -1.63. The van der Waals surface area contributed by atoms with Crippen molar-refractivity contribution in [1.82, 2.24) is 15.5 Å². The fraction of sp³-hybridized carbons (Fsp3) is 0.800. The monoisotopic (exact) mass is 309 g/mol. The molecule has 2 saturated heterocycles. The molecular formula is C15H23N3O4. The Balaban J connectivity index is 1.36. The lowest BCUT2D eigenvalue weighted by Crippen LogP contribution is -2.42. The fourth-order valence-electron chi connectivity index (χ4n) is 3.53. The summed E-state index contributed by atoms with van der Waals surface area (Å²) in [6.07, 6.45) is 6.30. The van der Waals surface area contributed by atoms with Gasteiger partial charge in [0.05, 0.1) is 24.5 Å². The Morgan fingerprint density at radius 2 is 1.77 bits per heavy atom. The number of carbonyl (C=O) groups excluding carboxylic acids is 3. The third-order valence-electron chi connectivity index (χ3n) is 4.81. The Bertz CT molecular complexity index is 440. The van der Waals surface area contributed by atoms with Crippen LogP contribution in [0.2, 0.25) is 0 Å². The van der Waals surface area contributed by atoms with E-state index in [0.29, 0.717) is 32.3 Å². The van der Waals surface area contributed by atoms with Crippen molar-refractivity contribution in [2.75, 3.05) is 26.2 Å². The smallest absolute Gasteiger partial charge is 0.317 e. The van der Waals surface area contributed by atoms with E-state index in [1.807, 2.05) is 0 Å². The summed E-state index contributed by atoms with van der Waals surface area (Å²) in [5.74, 6) is -1.27. The van der Waals surface area contributed by atoms with Gasteiger partial charge in [-0.3, -0.25) is 14.9 Å². The van der Waals surface area contributed by atoms with Gasteiger partial charge in [-0.2, -0.15) is 0 Å². The van der Waals surface area contributed by atoms with E-state index in [0.717, 1.165) is 12.8 Å². The minimum Gasteiger partial charge on any atom is -0.376 e. The van der Waals surface area contributed by atoms with Crippen LogP contribution in [0, 0.1) is 11.8 Å². The second-order valence-corrected chi connectivity index (χ2v) is 6.33. The molecule has 1 aliphatic carbocycles. The highest BCUT2D eigenvalue weighted by Crippen LogP contribution is 2.28. The van der Waals surface area contributed by atoms with E-state index >= 15 is 0 Å². The molecule has 2 heterocycles. The number of carbonyl (C=O) groups is 3. The lowest BCUT2D eigenvalue weighted by molar-refractivity contribution is -0.126.